The molecule has 2 aliphatic heterocycles. The maximum absolute atomic E-state index is 5.35. The second-order valence-corrected chi connectivity index (χ2v) is 8.27. The number of hydrogen-bond acceptors (Lipinski definition) is 5. The van der Waals surface area contributed by atoms with Crippen molar-refractivity contribution in [2.75, 3.05) is 33.3 Å². The van der Waals surface area contributed by atoms with Crippen LogP contribution in [-0.2, 0) is 20.1 Å². The number of nitrogens with zero attached hydrogens (tertiary/aromatic N) is 5. The maximum atomic E-state index is 5.35. The molecule has 6 nitrogen and oxygen atoms in total. The van der Waals surface area contributed by atoms with Gasteiger partial charge in [-0.05, 0) is 69.6 Å². The Labute approximate surface area is 168 Å². The van der Waals surface area contributed by atoms with E-state index in [0.29, 0.717) is 5.92 Å². The van der Waals surface area contributed by atoms with Crippen LogP contribution < -0.4 is 4.74 Å². The number of benzene rings is 1. The van der Waals surface area contributed by atoms with Crippen LogP contribution in [0.3, 0.4) is 0 Å². The Hall–Kier alpha value is -1.92. The van der Waals surface area contributed by atoms with Crippen LogP contribution in [0.5, 0.6) is 5.75 Å². The molecule has 0 unspecified atom stereocenters. The van der Waals surface area contributed by atoms with E-state index in [2.05, 4.69) is 49.8 Å². The molecular weight excluding hydrogens is 350 g/mol. The average Bonchev–Trinajstić information content (AvgIpc) is 3.10. The van der Waals surface area contributed by atoms with Crippen LogP contribution >= 0.6 is 0 Å². The molecule has 0 saturated carbocycles. The van der Waals surface area contributed by atoms with Crippen molar-refractivity contribution in [3.8, 4) is 5.75 Å². The molecule has 6 heteroatoms. The molecule has 28 heavy (non-hydrogen) atoms. The summed E-state index contributed by atoms with van der Waals surface area (Å²) in [6.07, 6.45) is 6.31. The summed E-state index contributed by atoms with van der Waals surface area (Å²) in [7, 11) is 3.88. The molecule has 0 amide bonds. The number of hydrogen-bond donors (Lipinski definition) is 0. The lowest BCUT2D eigenvalue weighted by Crippen LogP contribution is -2.33. The van der Waals surface area contributed by atoms with Gasteiger partial charge in [-0.25, -0.2) is 0 Å². The van der Waals surface area contributed by atoms with E-state index in [1.165, 1.54) is 43.7 Å². The minimum absolute atomic E-state index is 0.522. The largest absolute Gasteiger partial charge is 0.497 e. The Morgan fingerprint density at radius 2 is 1.71 bits per heavy atom. The molecule has 152 valence electrons. The van der Waals surface area contributed by atoms with Crippen LogP contribution in [0, 0.1) is 0 Å². The molecule has 1 aromatic heterocycles. The van der Waals surface area contributed by atoms with Gasteiger partial charge in [0.15, 0.2) is 0 Å². The monoisotopic (exact) mass is 383 g/mol. The Morgan fingerprint density at radius 3 is 2.46 bits per heavy atom. The topological polar surface area (TPSA) is 46.4 Å². The van der Waals surface area contributed by atoms with Crippen LogP contribution in [-0.4, -0.2) is 57.9 Å². The van der Waals surface area contributed by atoms with E-state index in [0.717, 1.165) is 50.6 Å². The summed E-state index contributed by atoms with van der Waals surface area (Å²) in [5.41, 5.74) is 1.32. The average molecular weight is 384 g/mol. The summed E-state index contributed by atoms with van der Waals surface area (Å²) in [4.78, 5) is 5.06. The van der Waals surface area contributed by atoms with E-state index in [4.69, 9.17) is 4.74 Å². The van der Waals surface area contributed by atoms with E-state index >= 15 is 0 Å². The number of piperidine rings is 2. The van der Waals surface area contributed by atoms with Gasteiger partial charge in [0.1, 0.15) is 17.4 Å². The molecule has 0 atom stereocenters. The van der Waals surface area contributed by atoms with Crippen LogP contribution in [0.4, 0.5) is 0 Å². The third-order valence-corrected chi connectivity index (χ3v) is 6.31. The number of ether oxygens (including phenoxy) is 1. The molecule has 0 bridgehead atoms. The molecule has 0 aliphatic carbocycles. The molecule has 0 radical (unpaired) electrons. The lowest BCUT2D eigenvalue weighted by molar-refractivity contribution is 0.199. The van der Waals surface area contributed by atoms with Crippen molar-refractivity contribution < 1.29 is 4.74 Å². The van der Waals surface area contributed by atoms with Gasteiger partial charge in [0.05, 0.1) is 13.7 Å². The van der Waals surface area contributed by atoms with Gasteiger partial charge in [-0.3, -0.25) is 9.80 Å². The van der Waals surface area contributed by atoms with Gasteiger partial charge in [0.25, 0.3) is 0 Å². The fourth-order valence-electron chi connectivity index (χ4n) is 4.56. The zero-order chi connectivity index (χ0) is 19.3. The van der Waals surface area contributed by atoms with Crippen molar-refractivity contribution in [3.05, 3.63) is 41.5 Å². The summed E-state index contributed by atoms with van der Waals surface area (Å²) in [5.74, 6) is 3.76. The Balaban J connectivity index is 1.32. The fourth-order valence-corrected chi connectivity index (χ4v) is 4.56. The summed E-state index contributed by atoms with van der Waals surface area (Å²) in [5, 5.41) is 9.12. The van der Waals surface area contributed by atoms with Gasteiger partial charge in [-0.2, -0.15) is 0 Å². The Kier molecular flexibility index (Phi) is 6.27. The van der Waals surface area contributed by atoms with Crippen molar-refractivity contribution in [2.45, 2.75) is 51.1 Å². The standard InChI is InChI=1S/C22H33N5O/c1-25-21(17-26-11-4-3-5-12-26)23-24-22(25)19-9-13-27(14-10-19)16-18-7-6-8-20(15-18)28-2/h6-8,15,19H,3-5,9-14,16-17H2,1-2H3. The third kappa shape index (κ3) is 4.55. The number of aromatic nitrogens is 3. The van der Waals surface area contributed by atoms with Crippen molar-refractivity contribution in [2.24, 2.45) is 7.05 Å². The van der Waals surface area contributed by atoms with E-state index < -0.39 is 0 Å². The third-order valence-electron chi connectivity index (χ3n) is 6.31. The number of rotatable bonds is 6. The first-order valence-electron chi connectivity index (χ1n) is 10.7. The summed E-state index contributed by atoms with van der Waals surface area (Å²) in [6, 6.07) is 8.40. The van der Waals surface area contributed by atoms with Gasteiger partial charge in [0.2, 0.25) is 0 Å². The van der Waals surface area contributed by atoms with Crippen molar-refractivity contribution >= 4 is 0 Å². The quantitative estimate of drug-likeness (QED) is 0.767. The zero-order valence-electron chi connectivity index (χ0n) is 17.3. The summed E-state index contributed by atoms with van der Waals surface area (Å²) >= 11 is 0. The SMILES string of the molecule is COc1cccc(CN2CCC(c3nnc(CN4CCCCC4)n3C)CC2)c1. The predicted molar refractivity (Wildman–Crippen MR) is 110 cm³/mol. The zero-order valence-corrected chi connectivity index (χ0v) is 17.3. The highest BCUT2D eigenvalue weighted by atomic mass is 16.5. The molecular formula is C22H33N5O. The van der Waals surface area contributed by atoms with Gasteiger partial charge in [-0.1, -0.05) is 18.6 Å². The lowest BCUT2D eigenvalue weighted by atomic mass is 9.95. The molecule has 2 aliphatic rings. The number of methoxy groups -OCH3 is 1. The van der Waals surface area contributed by atoms with Gasteiger partial charge in [-0.15, -0.1) is 10.2 Å². The van der Waals surface area contributed by atoms with Crippen molar-refractivity contribution in [1.29, 1.82) is 0 Å². The molecule has 2 fully saturated rings. The van der Waals surface area contributed by atoms with E-state index in [1.54, 1.807) is 7.11 Å². The predicted octanol–water partition coefficient (Wildman–Crippen LogP) is 3.19. The first-order valence-corrected chi connectivity index (χ1v) is 10.7. The fraction of sp³-hybridized carbons (Fsp3) is 0.636. The van der Waals surface area contributed by atoms with Crippen LogP contribution in [0.2, 0.25) is 0 Å². The normalized spacial score (nSPS) is 19.8. The molecule has 0 spiro atoms. The van der Waals surface area contributed by atoms with Crippen molar-refractivity contribution in [3.63, 3.8) is 0 Å². The van der Waals surface area contributed by atoms with Crippen LogP contribution in [0.25, 0.3) is 0 Å². The van der Waals surface area contributed by atoms with Gasteiger partial charge in [0, 0.05) is 19.5 Å². The van der Waals surface area contributed by atoms with E-state index in [-0.39, 0.29) is 0 Å². The molecule has 3 heterocycles. The maximum Gasteiger partial charge on any atom is 0.146 e. The molecule has 4 rings (SSSR count). The molecule has 0 N–H and O–H groups in total. The number of likely N-dealkylation sites (tertiary alicyclic amines) is 2. The lowest BCUT2D eigenvalue weighted by Gasteiger charge is -2.31. The van der Waals surface area contributed by atoms with Gasteiger partial charge < -0.3 is 9.30 Å². The van der Waals surface area contributed by atoms with E-state index in [1.807, 2.05) is 6.07 Å². The van der Waals surface area contributed by atoms with Crippen LogP contribution in [0.1, 0.15) is 55.2 Å². The summed E-state index contributed by atoms with van der Waals surface area (Å²) in [6.45, 7) is 6.54. The smallest absolute Gasteiger partial charge is 0.146 e. The summed E-state index contributed by atoms with van der Waals surface area (Å²) < 4.78 is 7.61. The molecule has 2 aromatic rings. The van der Waals surface area contributed by atoms with Gasteiger partial charge >= 0.3 is 0 Å². The highest BCUT2D eigenvalue weighted by molar-refractivity contribution is 5.28. The highest BCUT2D eigenvalue weighted by Gasteiger charge is 2.26. The molecule has 1 aromatic carbocycles. The highest BCUT2D eigenvalue weighted by Crippen LogP contribution is 2.28. The first-order chi connectivity index (χ1) is 13.7. The second kappa shape index (κ2) is 9.05. The van der Waals surface area contributed by atoms with Crippen molar-refractivity contribution in [1.82, 2.24) is 24.6 Å². The van der Waals surface area contributed by atoms with E-state index in [9.17, 15) is 0 Å². The first kappa shape index (κ1) is 19.4. The van der Waals surface area contributed by atoms with Crippen LogP contribution in [0.15, 0.2) is 24.3 Å². The molecule has 2 saturated heterocycles. The minimum atomic E-state index is 0.522. The Morgan fingerprint density at radius 1 is 0.964 bits per heavy atom. The second-order valence-electron chi connectivity index (χ2n) is 8.27. The Bertz CT molecular complexity index is 760. The minimum Gasteiger partial charge on any atom is -0.497 e.